The van der Waals surface area contributed by atoms with E-state index in [0.29, 0.717) is 0 Å². The van der Waals surface area contributed by atoms with E-state index in [9.17, 15) is 0 Å². The van der Waals surface area contributed by atoms with Crippen LogP contribution in [0.25, 0.3) is 11.2 Å². The van der Waals surface area contributed by atoms with Gasteiger partial charge in [0.2, 0.25) is 0 Å². The van der Waals surface area contributed by atoms with Gasteiger partial charge in [0, 0.05) is 18.6 Å². The predicted molar refractivity (Wildman–Crippen MR) is 70.2 cm³/mol. The van der Waals surface area contributed by atoms with Gasteiger partial charge in [-0.3, -0.25) is 4.98 Å². The lowest BCUT2D eigenvalue weighted by molar-refractivity contribution is 0.870. The summed E-state index contributed by atoms with van der Waals surface area (Å²) < 4.78 is 0. The third-order valence-electron chi connectivity index (χ3n) is 2.83. The minimum absolute atomic E-state index is 0.165. The predicted octanol–water partition coefficient (Wildman–Crippen LogP) is 2.53. The van der Waals surface area contributed by atoms with Crippen LogP contribution in [-0.2, 0) is 0 Å². The molecule has 90 valence electrons. The largest absolute Gasteiger partial charge is 0.362 e. The Morgan fingerprint density at radius 2 is 2.06 bits per heavy atom. The zero-order chi connectivity index (χ0) is 12.4. The molecule has 3 aromatic heterocycles. The molecule has 1 unspecified atom stereocenters. The van der Waals surface area contributed by atoms with Crippen LogP contribution in [0, 0.1) is 0 Å². The molecule has 18 heavy (non-hydrogen) atoms. The molecule has 0 fully saturated rings. The Bertz CT molecular complexity index is 647. The standard InChI is InChI=1S/C13H13N5/c1-9(10-2-5-14-6-3-10)17-12-8-16-13-11(18-12)4-7-15-13/h2-9H,1H3,(H,15,16)(H,17,18). The van der Waals surface area contributed by atoms with Crippen molar-refractivity contribution in [2.45, 2.75) is 13.0 Å². The number of H-pyrrole nitrogens is 1. The molecule has 0 saturated heterocycles. The van der Waals surface area contributed by atoms with Crippen molar-refractivity contribution in [3.05, 3.63) is 48.5 Å². The van der Waals surface area contributed by atoms with Gasteiger partial charge in [-0.1, -0.05) is 0 Å². The van der Waals surface area contributed by atoms with Crippen LogP contribution in [0.1, 0.15) is 18.5 Å². The van der Waals surface area contributed by atoms with Gasteiger partial charge in [-0.2, -0.15) is 0 Å². The molecule has 0 aliphatic rings. The lowest BCUT2D eigenvalue weighted by atomic mass is 10.1. The maximum absolute atomic E-state index is 4.48. The van der Waals surface area contributed by atoms with Crippen LogP contribution in [-0.4, -0.2) is 19.9 Å². The summed E-state index contributed by atoms with van der Waals surface area (Å²) in [5.41, 5.74) is 2.83. The second-order valence-electron chi connectivity index (χ2n) is 4.11. The highest BCUT2D eigenvalue weighted by atomic mass is 15.0. The molecule has 0 saturated carbocycles. The van der Waals surface area contributed by atoms with E-state index in [-0.39, 0.29) is 6.04 Å². The van der Waals surface area contributed by atoms with E-state index in [1.54, 1.807) is 18.6 Å². The van der Waals surface area contributed by atoms with Gasteiger partial charge < -0.3 is 10.3 Å². The Hall–Kier alpha value is -2.43. The van der Waals surface area contributed by atoms with Gasteiger partial charge in [0.1, 0.15) is 11.3 Å². The Morgan fingerprint density at radius 1 is 1.22 bits per heavy atom. The summed E-state index contributed by atoms with van der Waals surface area (Å²) in [6.45, 7) is 2.08. The van der Waals surface area contributed by atoms with Crippen LogP contribution in [0.3, 0.4) is 0 Å². The highest BCUT2D eigenvalue weighted by Crippen LogP contribution is 2.17. The normalized spacial score (nSPS) is 12.5. The Balaban J connectivity index is 1.83. The Morgan fingerprint density at radius 3 is 2.89 bits per heavy atom. The fourth-order valence-corrected chi connectivity index (χ4v) is 1.86. The van der Waals surface area contributed by atoms with Crippen molar-refractivity contribution in [1.29, 1.82) is 0 Å². The molecule has 3 rings (SSSR count). The quantitative estimate of drug-likeness (QED) is 0.737. The van der Waals surface area contributed by atoms with E-state index < -0.39 is 0 Å². The van der Waals surface area contributed by atoms with Gasteiger partial charge in [-0.05, 0) is 30.7 Å². The second kappa shape index (κ2) is 4.44. The molecule has 0 aromatic carbocycles. The molecular formula is C13H13N5. The molecule has 0 radical (unpaired) electrons. The van der Waals surface area contributed by atoms with Gasteiger partial charge in [0.05, 0.1) is 12.2 Å². The van der Waals surface area contributed by atoms with Crippen LogP contribution < -0.4 is 5.32 Å². The van der Waals surface area contributed by atoms with Crippen LogP contribution in [0.5, 0.6) is 0 Å². The highest BCUT2D eigenvalue weighted by molar-refractivity contribution is 5.71. The van der Waals surface area contributed by atoms with E-state index in [2.05, 4.69) is 32.2 Å². The first-order valence-electron chi connectivity index (χ1n) is 5.79. The second-order valence-corrected chi connectivity index (χ2v) is 4.11. The molecule has 0 aliphatic heterocycles. The van der Waals surface area contributed by atoms with Crippen molar-refractivity contribution in [1.82, 2.24) is 19.9 Å². The first kappa shape index (κ1) is 10.7. The summed E-state index contributed by atoms with van der Waals surface area (Å²) in [6.07, 6.45) is 7.14. The van der Waals surface area contributed by atoms with E-state index in [1.807, 2.05) is 24.4 Å². The zero-order valence-corrected chi connectivity index (χ0v) is 9.96. The number of aromatic amines is 1. The van der Waals surface area contributed by atoms with E-state index in [0.717, 1.165) is 17.0 Å². The maximum atomic E-state index is 4.48. The smallest absolute Gasteiger partial charge is 0.156 e. The number of hydrogen-bond donors (Lipinski definition) is 2. The minimum Gasteiger partial charge on any atom is -0.362 e. The van der Waals surface area contributed by atoms with E-state index in [4.69, 9.17) is 0 Å². The summed E-state index contributed by atoms with van der Waals surface area (Å²) in [5.74, 6) is 0.770. The molecule has 0 bridgehead atoms. The number of fused-ring (bicyclic) bond motifs is 1. The lowest BCUT2D eigenvalue weighted by Crippen LogP contribution is -2.08. The van der Waals surface area contributed by atoms with Crippen LogP contribution >= 0.6 is 0 Å². The molecule has 0 spiro atoms. The summed E-state index contributed by atoms with van der Waals surface area (Å²) in [6, 6.07) is 6.04. The summed E-state index contributed by atoms with van der Waals surface area (Å²) in [4.78, 5) is 15.8. The lowest BCUT2D eigenvalue weighted by Gasteiger charge is -2.14. The summed E-state index contributed by atoms with van der Waals surface area (Å²) >= 11 is 0. The van der Waals surface area contributed by atoms with Crippen molar-refractivity contribution >= 4 is 17.0 Å². The van der Waals surface area contributed by atoms with Gasteiger partial charge in [0.25, 0.3) is 0 Å². The van der Waals surface area contributed by atoms with Gasteiger partial charge >= 0.3 is 0 Å². The van der Waals surface area contributed by atoms with Crippen LogP contribution in [0.2, 0.25) is 0 Å². The van der Waals surface area contributed by atoms with Gasteiger partial charge in [-0.15, -0.1) is 0 Å². The molecule has 0 aliphatic carbocycles. The molecule has 3 aromatic rings. The number of nitrogens with one attached hydrogen (secondary N) is 2. The third kappa shape index (κ3) is 2.02. The summed E-state index contributed by atoms with van der Waals surface area (Å²) in [5, 5.41) is 3.32. The van der Waals surface area contributed by atoms with Gasteiger partial charge in [-0.25, -0.2) is 9.97 Å². The third-order valence-corrected chi connectivity index (χ3v) is 2.83. The minimum atomic E-state index is 0.165. The van der Waals surface area contributed by atoms with E-state index >= 15 is 0 Å². The topological polar surface area (TPSA) is 66.5 Å². The number of aromatic nitrogens is 4. The highest BCUT2D eigenvalue weighted by Gasteiger charge is 2.06. The Labute approximate surface area is 104 Å². The van der Waals surface area contributed by atoms with Crippen molar-refractivity contribution in [3.63, 3.8) is 0 Å². The number of nitrogens with zero attached hydrogens (tertiary/aromatic N) is 3. The monoisotopic (exact) mass is 239 g/mol. The molecule has 1 atom stereocenters. The van der Waals surface area contributed by atoms with Gasteiger partial charge in [0.15, 0.2) is 5.65 Å². The summed E-state index contributed by atoms with van der Waals surface area (Å²) in [7, 11) is 0. The zero-order valence-electron chi connectivity index (χ0n) is 9.96. The van der Waals surface area contributed by atoms with Crippen molar-refractivity contribution in [3.8, 4) is 0 Å². The number of rotatable bonds is 3. The average molecular weight is 239 g/mol. The number of pyridine rings is 1. The fourth-order valence-electron chi connectivity index (χ4n) is 1.86. The molecule has 5 heteroatoms. The first-order chi connectivity index (χ1) is 8.83. The fraction of sp³-hybridized carbons (Fsp3) is 0.154. The maximum Gasteiger partial charge on any atom is 0.156 e. The number of anilines is 1. The molecule has 2 N–H and O–H groups in total. The molecule has 3 heterocycles. The first-order valence-corrected chi connectivity index (χ1v) is 5.79. The van der Waals surface area contributed by atoms with Crippen molar-refractivity contribution in [2.24, 2.45) is 0 Å². The van der Waals surface area contributed by atoms with E-state index in [1.165, 1.54) is 5.56 Å². The van der Waals surface area contributed by atoms with Crippen molar-refractivity contribution < 1.29 is 0 Å². The SMILES string of the molecule is CC(Nc1cnc2[nH]ccc2n1)c1ccncc1. The molecule has 0 amide bonds. The van der Waals surface area contributed by atoms with Crippen LogP contribution in [0.4, 0.5) is 5.82 Å². The molecular weight excluding hydrogens is 226 g/mol. The van der Waals surface area contributed by atoms with Crippen LogP contribution in [0.15, 0.2) is 43.0 Å². The Kier molecular flexibility index (Phi) is 2.64. The average Bonchev–Trinajstić information content (AvgIpc) is 2.87. The number of hydrogen-bond acceptors (Lipinski definition) is 4. The molecule has 5 nitrogen and oxygen atoms in total. The van der Waals surface area contributed by atoms with Crippen molar-refractivity contribution in [2.75, 3.05) is 5.32 Å².